The Bertz CT molecular complexity index is 1610. The third-order valence-electron chi connectivity index (χ3n) is 6.60. The molecular formula is C30H26N4O2S3. The molecule has 2 atom stereocenters. The molecule has 0 saturated heterocycles. The van der Waals surface area contributed by atoms with E-state index in [1.165, 1.54) is 33.3 Å². The fourth-order valence-electron chi connectivity index (χ4n) is 4.74. The molecular weight excluding hydrogens is 545 g/mol. The molecule has 0 fully saturated rings. The second kappa shape index (κ2) is 11.3. The summed E-state index contributed by atoms with van der Waals surface area (Å²) in [6, 6.07) is 28.5. The molecule has 1 aliphatic rings. The number of benzene rings is 3. The highest BCUT2D eigenvalue weighted by molar-refractivity contribution is 8.00. The highest BCUT2D eigenvalue weighted by Gasteiger charge is 2.34. The van der Waals surface area contributed by atoms with Crippen LogP contribution in [0.5, 0.6) is 5.75 Å². The molecule has 1 aliphatic heterocycles. The molecule has 0 aliphatic carbocycles. The van der Waals surface area contributed by atoms with Crippen LogP contribution < -0.4 is 15.8 Å². The number of amides is 1. The van der Waals surface area contributed by atoms with Gasteiger partial charge < -0.3 is 15.8 Å². The van der Waals surface area contributed by atoms with E-state index in [4.69, 9.17) is 15.5 Å². The Balaban J connectivity index is 1.28. The van der Waals surface area contributed by atoms with Gasteiger partial charge in [-0.25, -0.2) is 9.97 Å². The maximum Gasteiger partial charge on any atom is 0.234 e. The molecule has 2 aromatic heterocycles. The predicted octanol–water partition coefficient (Wildman–Crippen LogP) is 7.13. The van der Waals surface area contributed by atoms with Gasteiger partial charge in [-0.2, -0.15) is 0 Å². The molecule has 9 heteroatoms. The van der Waals surface area contributed by atoms with Gasteiger partial charge in [0.15, 0.2) is 5.16 Å². The Kier molecular flexibility index (Phi) is 7.45. The lowest BCUT2D eigenvalue weighted by Gasteiger charge is -2.30. The lowest BCUT2D eigenvalue weighted by atomic mass is 9.98. The predicted molar refractivity (Wildman–Crippen MR) is 163 cm³/mol. The fraction of sp³-hybridized carbons (Fsp3) is 0.167. The topological polar surface area (TPSA) is 90.1 Å². The van der Waals surface area contributed by atoms with Gasteiger partial charge in [0.25, 0.3) is 0 Å². The SMILES string of the molecule is COc1ccc(NC(=O)CSc2nc(N)c3c4c(sc3n2)[C@@H](c2ccccc2)S[C@H](c2ccccc2)C4)cc1. The van der Waals surface area contributed by atoms with Crippen molar-refractivity contribution in [3.8, 4) is 5.75 Å². The number of anilines is 2. The van der Waals surface area contributed by atoms with Gasteiger partial charge in [0.1, 0.15) is 16.4 Å². The first-order valence-electron chi connectivity index (χ1n) is 12.5. The van der Waals surface area contributed by atoms with Crippen molar-refractivity contribution in [3.63, 3.8) is 0 Å². The van der Waals surface area contributed by atoms with Crippen molar-refractivity contribution in [2.75, 3.05) is 23.9 Å². The van der Waals surface area contributed by atoms with Gasteiger partial charge in [-0.05, 0) is 47.4 Å². The van der Waals surface area contributed by atoms with E-state index in [1.54, 1.807) is 18.4 Å². The van der Waals surface area contributed by atoms with Crippen molar-refractivity contribution in [2.24, 2.45) is 0 Å². The van der Waals surface area contributed by atoms with Gasteiger partial charge in [-0.3, -0.25) is 4.79 Å². The molecule has 3 N–H and O–H groups in total. The zero-order valence-corrected chi connectivity index (χ0v) is 23.6. The van der Waals surface area contributed by atoms with Gasteiger partial charge in [0, 0.05) is 15.8 Å². The highest BCUT2D eigenvalue weighted by atomic mass is 32.2. The second-order valence-corrected chi connectivity index (χ2v) is 12.4. The molecule has 0 unspecified atom stereocenters. The molecule has 6 rings (SSSR count). The lowest BCUT2D eigenvalue weighted by molar-refractivity contribution is -0.113. The Morgan fingerprint density at radius 3 is 2.38 bits per heavy atom. The van der Waals surface area contributed by atoms with Crippen LogP contribution in [0.4, 0.5) is 11.5 Å². The van der Waals surface area contributed by atoms with Crippen molar-refractivity contribution in [1.82, 2.24) is 9.97 Å². The van der Waals surface area contributed by atoms with E-state index in [0.29, 0.717) is 21.9 Å². The van der Waals surface area contributed by atoms with Crippen LogP contribution in [0.1, 0.15) is 32.1 Å². The number of carbonyl (C=O) groups is 1. The second-order valence-electron chi connectivity index (χ2n) is 9.11. The molecule has 0 saturated carbocycles. The van der Waals surface area contributed by atoms with Crippen LogP contribution in [0, 0.1) is 0 Å². The van der Waals surface area contributed by atoms with E-state index < -0.39 is 0 Å². The number of thioether (sulfide) groups is 2. The standard InChI is InChI=1S/C30H26N4O2S3/c1-36-21-14-12-20(13-15-21)32-24(35)17-37-30-33-28(31)25-22-16-23(18-8-4-2-5-9-18)38-26(19-10-6-3-7-11-19)27(22)39-29(25)34-30/h2-15,23,26H,16-17H2,1H3,(H,32,35)(H2,31,33,34)/t23-,26+/m0/s1. The first-order chi connectivity index (χ1) is 19.1. The molecule has 5 aromatic rings. The van der Waals surface area contributed by atoms with E-state index in [-0.39, 0.29) is 16.9 Å². The fourth-order valence-corrected chi connectivity index (χ4v) is 8.47. The number of fused-ring (bicyclic) bond motifs is 3. The van der Waals surface area contributed by atoms with Gasteiger partial charge in [-0.15, -0.1) is 23.1 Å². The molecule has 0 bridgehead atoms. The van der Waals surface area contributed by atoms with Crippen LogP contribution in [0.25, 0.3) is 10.2 Å². The van der Waals surface area contributed by atoms with E-state index >= 15 is 0 Å². The number of methoxy groups -OCH3 is 1. The summed E-state index contributed by atoms with van der Waals surface area (Å²) in [7, 11) is 1.61. The number of aromatic nitrogens is 2. The lowest BCUT2D eigenvalue weighted by Crippen LogP contribution is -2.14. The van der Waals surface area contributed by atoms with Crippen LogP contribution >= 0.6 is 34.9 Å². The molecule has 1 amide bonds. The summed E-state index contributed by atoms with van der Waals surface area (Å²) in [5.74, 6) is 1.26. The summed E-state index contributed by atoms with van der Waals surface area (Å²) in [4.78, 5) is 24.2. The maximum atomic E-state index is 12.6. The number of nitrogens with zero attached hydrogens (tertiary/aromatic N) is 2. The van der Waals surface area contributed by atoms with Gasteiger partial charge in [-0.1, -0.05) is 72.4 Å². The third-order valence-corrected chi connectivity index (χ3v) is 10.3. The number of carbonyl (C=O) groups excluding carboxylic acids is 1. The number of nitrogens with one attached hydrogen (secondary N) is 1. The molecule has 3 aromatic carbocycles. The molecule has 0 spiro atoms. The summed E-state index contributed by atoms with van der Waals surface area (Å²) >= 11 is 4.96. The van der Waals surface area contributed by atoms with Crippen LogP contribution in [0.2, 0.25) is 0 Å². The normalized spacial score (nSPS) is 16.5. The van der Waals surface area contributed by atoms with Crippen LogP contribution in [-0.4, -0.2) is 28.7 Å². The Morgan fingerprint density at radius 2 is 1.69 bits per heavy atom. The smallest absolute Gasteiger partial charge is 0.234 e. The van der Waals surface area contributed by atoms with Gasteiger partial charge in [0.2, 0.25) is 5.91 Å². The quantitative estimate of drug-likeness (QED) is 0.159. The Labute approximate surface area is 239 Å². The van der Waals surface area contributed by atoms with Crippen molar-refractivity contribution < 1.29 is 9.53 Å². The number of ether oxygens (including phenoxy) is 1. The largest absolute Gasteiger partial charge is 0.497 e. The Morgan fingerprint density at radius 1 is 1.00 bits per heavy atom. The zero-order chi connectivity index (χ0) is 26.8. The third kappa shape index (κ3) is 5.48. The van der Waals surface area contributed by atoms with Crippen molar-refractivity contribution in [3.05, 3.63) is 106 Å². The monoisotopic (exact) mass is 570 g/mol. The number of nitrogen functional groups attached to an aromatic ring is 1. The summed E-state index contributed by atoms with van der Waals surface area (Å²) < 4.78 is 5.17. The minimum atomic E-state index is -0.135. The molecule has 3 heterocycles. The summed E-state index contributed by atoms with van der Waals surface area (Å²) in [5.41, 5.74) is 11.1. The highest BCUT2D eigenvalue weighted by Crippen LogP contribution is 2.55. The van der Waals surface area contributed by atoms with Gasteiger partial charge >= 0.3 is 0 Å². The first-order valence-corrected chi connectivity index (χ1v) is 15.2. The molecule has 196 valence electrons. The van der Waals surface area contributed by atoms with Crippen LogP contribution in [0.15, 0.2) is 90.1 Å². The molecule has 6 nitrogen and oxygen atoms in total. The average Bonchev–Trinajstić information content (AvgIpc) is 3.36. The van der Waals surface area contributed by atoms with Crippen LogP contribution in [0.3, 0.4) is 0 Å². The van der Waals surface area contributed by atoms with E-state index in [1.807, 2.05) is 36.0 Å². The minimum Gasteiger partial charge on any atom is -0.497 e. The minimum absolute atomic E-state index is 0.135. The van der Waals surface area contributed by atoms with E-state index in [0.717, 1.165) is 22.4 Å². The summed E-state index contributed by atoms with van der Waals surface area (Å²) in [6.45, 7) is 0. The average molecular weight is 571 g/mol. The number of hydrogen-bond acceptors (Lipinski definition) is 8. The van der Waals surface area contributed by atoms with E-state index in [9.17, 15) is 4.79 Å². The number of rotatable bonds is 7. The maximum absolute atomic E-state index is 12.6. The number of hydrogen-bond donors (Lipinski definition) is 2. The van der Waals surface area contributed by atoms with Crippen molar-refractivity contribution in [1.29, 1.82) is 0 Å². The van der Waals surface area contributed by atoms with Crippen molar-refractivity contribution >= 4 is 62.5 Å². The Hall–Kier alpha value is -3.53. The molecule has 39 heavy (non-hydrogen) atoms. The van der Waals surface area contributed by atoms with E-state index in [2.05, 4.69) is 71.0 Å². The first kappa shape index (κ1) is 25.7. The summed E-state index contributed by atoms with van der Waals surface area (Å²) in [6.07, 6.45) is 0.873. The van der Waals surface area contributed by atoms with Crippen LogP contribution in [-0.2, 0) is 11.2 Å². The number of nitrogens with two attached hydrogens (primary N) is 1. The van der Waals surface area contributed by atoms with Gasteiger partial charge in [0.05, 0.1) is 23.5 Å². The summed E-state index contributed by atoms with van der Waals surface area (Å²) in [5, 5.41) is 4.84. The number of thiophene rings is 1. The molecule has 0 radical (unpaired) electrons. The van der Waals surface area contributed by atoms with Crippen molar-refractivity contribution in [2.45, 2.75) is 22.1 Å². The zero-order valence-electron chi connectivity index (χ0n) is 21.2.